The molecule has 0 fully saturated rings. The van der Waals surface area contributed by atoms with E-state index in [1.807, 2.05) is 49.1 Å². The van der Waals surface area contributed by atoms with Crippen molar-refractivity contribution in [3.05, 3.63) is 158 Å². The van der Waals surface area contributed by atoms with Crippen molar-refractivity contribution in [1.29, 1.82) is 0 Å². The zero-order chi connectivity index (χ0) is 27.8. The van der Waals surface area contributed by atoms with Gasteiger partial charge in [-0.25, -0.2) is 0 Å². The largest absolute Gasteiger partial charge is 0.314 e. The van der Waals surface area contributed by atoms with Gasteiger partial charge in [-0.2, -0.15) is 0 Å². The second-order valence-corrected chi connectivity index (χ2v) is 13.5. The Hall–Kier alpha value is -4.71. The van der Waals surface area contributed by atoms with E-state index in [-0.39, 0.29) is 0 Å². The van der Waals surface area contributed by atoms with Crippen LogP contribution in [0.25, 0.3) is 54.9 Å². The number of hydrogen-bond acceptors (Lipinski definition) is 1. The molecule has 0 amide bonds. The molecule has 1 unspecified atom stereocenters. The van der Waals surface area contributed by atoms with Crippen molar-refractivity contribution in [3.8, 4) is 33.4 Å². The smallest absolute Gasteiger partial charge is 0.140 e. The Labute approximate surface area is 241 Å². The van der Waals surface area contributed by atoms with Gasteiger partial charge in [-0.3, -0.25) is 0 Å². The van der Waals surface area contributed by atoms with E-state index in [2.05, 4.69) is 115 Å². The van der Waals surface area contributed by atoms with Gasteiger partial charge in [-0.1, -0.05) is 158 Å². The first-order valence-corrected chi connectivity index (χ1v) is 16.1. The lowest BCUT2D eigenvalue weighted by Gasteiger charge is -2.19. The first-order valence-electron chi connectivity index (χ1n) is 13.9. The average molecular weight is 545 g/mol. The van der Waals surface area contributed by atoms with Gasteiger partial charge in [0.2, 0.25) is 0 Å². The molecule has 0 saturated carbocycles. The molecule has 0 N–H and O–H groups in total. The second kappa shape index (κ2) is 10.4. The summed E-state index contributed by atoms with van der Waals surface area (Å²) in [5.74, 6) is 0. The van der Waals surface area contributed by atoms with E-state index in [0.29, 0.717) is 0 Å². The predicted molar refractivity (Wildman–Crippen MR) is 177 cm³/mol. The Morgan fingerprint density at radius 3 is 1.12 bits per heavy atom. The van der Waals surface area contributed by atoms with Crippen molar-refractivity contribution in [2.75, 3.05) is 6.66 Å². The van der Waals surface area contributed by atoms with Gasteiger partial charge in [-0.15, -0.1) is 0 Å². The molecule has 2 heteroatoms. The third kappa shape index (κ3) is 4.49. The third-order valence-corrected chi connectivity index (χ3v) is 10.7. The topological polar surface area (TPSA) is 17.1 Å². The van der Waals surface area contributed by atoms with Crippen LogP contribution in [0.2, 0.25) is 0 Å². The number of benzene rings is 7. The Bertz CT molecular complexity index is 1990. The Balaban J connectivity index is 1.39. The van der Waals surface area contributed by atoms with Crippen LogP contribution in [-0.2, 0) is 4.57 Å². The van der Waals surface area contributed by atoms with E-state index in [0.717, 1.165) is 16.2 Å². The molecule has 0 radical (unpaired) electrons. The molecule has 0 saturated heterocycles. The lowest BCUT2D eigenvalue weighted by molar-refractivity contribution is 0.590. The van der Waals surface area contributed by atoms with E-state index < -0.39 is 7.14 Å². The molecule has 1 nitrogen and oxygen atoms in total. The van der Waals surface area contributed by atoms with Crippen LogP contribution in [-0.4, -0.2) is 6.66 Å². The molecule has 7 aromatic carbocycles. The summed E-state index contributed by atoms with van der Waals surface area (Å²) in [6.07, 6.45) is 0. The highest BCUT2D eigenvalue weighted by atomic mass is 31.2. The van der Waals surface area contributed by atoms with Crippen molar-refractivity contribution in [2.45, 2.75) is 0 Å². The van der Waals surface area contributed by atoms with Crippen molar-refractivity contribution in [3.63, 3.8) is 0 Å². The van der Waals surface area contributed by atoms with Gasteiger partial charge in [0.05, 0.1) is 0 Å². The van der Waals surface area contributed by atoms with Crippen molar-refractivity contribution in [1.82, 2.24) is 0 Å². The van der Waals surface area contributed by atoms with E-state index in [9.17, 15) is 4.57 Å². The summed E-state index contributed by atoms with van der Waals surface area (Å²) in [5, 5.41) is 6.63. The van der Waals surface area contributed by atoms with Crippen LogP contribution in [0.3, 0.4) is 0 Å². The van der Waals surface area contributed by atoms with E-state index in [1.165, 1.54) is 49.4 Å². The quantitative estimate of drug-likeness (QED) is 0.156. The van der Waals surface area contributed by atoms with E-state index >= 15 is 0 Å². The Kier molecular flexibility index (Phi) is 6.38. The maximum Gasteiger partial charge on any atom is 0.140 e. The van der Waals surface area contributed by atoms with Crippen LogP contribution < -0.4 is 10.6 Å². The standard InChI is InChI=1S/C39H29OP/c1-41(40,32-14-6-3-7-15-32)33-26-24-31(25-27-33)39-36-18-10-8-16-34(36)38(35-17-9-11-19-37(35)39)30-22-20-29(21-23-30)28-12-4-2-5-13-28/h2-27H,1H3. The molecule has 0 aliphatic rings. The van der Waals surface area contributed by atoms with Crippen LogP contribution in [0.5, 0.6) is 0 Å². The summed E-state index contributed by atoms with van der Waals surface area (Å²) in [5.41, 5.74) is 7.21. The summed E-state index contributed by atoms with van der Waals surface area (Å²) >= 11 is 0. The highest BCUT2D eigenvalue weighted by Crippen LogP contribution is 2.44. The molecule has 0 spiro atoms. The lowest BCUT2D eigenvalue weighted by Crippen LogP contribution is -2.14. The second-order valence-electron chi connectivity index (χ2n) is 10.6. The van der Waals surface area contributed by atoms with Crippen LogP contribution in [0.1, 0.15) is 0 Å². The average Bonchev–Trinajstić information content (AvgIpc) is 3.04. The molecule has 0 aromatic heterocycles. The monoisotopic (exact) mass is 544 g/mol. The molecule has 0 aliphatic carbocycles. The zero-order valence-corrected chi connectivity index (χ0v) is 23.8. The SMILES string of the molecule is CP(=O)(c1ccccc1)c1ccc(-c2c3ccccc3c(-c3ccc(-c4ccccc4)cc3)c3ccccc23)cc1. The van der Waals surface area contributed by atoms with Gasteiger partial charge in [0.25, 0.3) is 0 Å². The van der Waals surface area contributed by atoms with Crippen molar-refractivity contribution in [2.24, 2.45) is 0 Å². The summed E-state index contributed by atoms with van der Waals surface area (Å²) in [4.78, 5) is 0. The minimum Gasteiger partial charge on any atom is -0.314 e. The molecule has 41 heavy (non-hydrogen) atoms. The molecule has 7 rings (SSSR count). The van der Waals surface area contributed by atoms with Gasteiger partial charge >= 0.3 is 0 Å². The van der Waals surface area contributed by atoms with Crippen LogP contribution in [0, 0.1) is 0 Å². The zero-order valence-electron chi connectivity index (χ0n) is 22.9. The Morgan fingerprint density at radius 2 is 0.659 bits per heavy atom. The molecular weight excluding hydrogens is 515 g/mol. The van der Waals surface area contributed by atoms with Crippen LogP contribution in [0.15, 0.2) is 158 Å². The lowest BCUT2D eigenvalue weighted by atomic mass is 9.86. The molecule has 0 aliphatic heterocycles. The number of hydrogen-bond donors (Lipinski definition) is 0. The fraction of sp³-hybridized carbons (Fsp3) is 0.0256. The molecule has 0 bridgehead atoms. The molecule has 1 atom stereocenters. The van der Waals surface area contributed by atoms with Gasteiger partial charge in [0.15, 0.2) is 0 Å². The minimum atomic E-state index is -2.68. The van der Waals surface area contributed by atoms with Gasteiger partial charge in [0, 0.05) is 10.6 Å². The summed E-state index contributed by atoms with van der Waals surface area (Å²) < 4.78 is 13.8. The van der Waals surface area contributed by atoms with Gasteiger partial charge in [-0.05, 0) is 61.6 Å². The first-order chi connectivity index (χ1) is 20.1. The van der Waals surface area contributed by atoms with Crippen LogP contribution in [0.4, 0.5) is 0 Å². The first kappa shape index (κ1) is 25.3. The Morgan fingerprint density at radius 1 is 0.341 bits per heavy atom. The maximum absolute atomic E-state index is 13.8. The van der Waals surface area contributed by atoms with Crippen LogP contribution >= 0.6 is 7.14 Å². The molecule has 196 valence electrons. The molecular formula is C39H29OP. The number of rotatable bonds is 5. The van der Waals surface area contributed by atoms with E-state index in [1.54, 1.807) is 0 Å². The fourth-order valence-corrected chi connectivity index (χ4v) is 7.74. The highest BCUT2D eigenvalue weighted by Gasteiger charge is 2.22. The maximum atomic E-state index is 13.8. The number of fused-ring (bicyclic) bond motifs is 2. The van der Waals surface area contributed by atoms with Crippen molar-refractivity contribution < 1.29 is 4.57 Å². The summed E-state index contributed by atoms with van der Waals surface area (Å²) in [6.45, 7) is 1.86. The highest BCUT2D eigenvalue weighted by molar-refractivity contribution is 7.78. The summed E-state index contributed by atoms with van der Waals surface area (Å²) in [6, 6.07) is 55.0. The van der Waals surface area contributed by atoms with E-state index in [4.69, 9.17) is 0 Å². The molecule has 7 aromatic rings. The summed E-state index contributed by atoms with van der Waals surface area (Å²) in [7, 11) is -2.68. The normalized spacial score (nSPS) is 12.8. The minimum absolute atomic E-state index is 0.871. The van der Waals surface area contributed by atoms with Gasteiger partial charge in [0.1, 0.15) is 7.14 Å². The van der Waals surface area contributed by atoms with Gasteiger partial charge < -0.3 is 4.57 Å². The third-order valence-electron chi connectivity index (χ3n) is 8.11. The van der Waals surface area contributed by atoms with Crippen molar-refractivity contribution >= 4 is 39.3 Å². The fourth-order valence-electron chi connectivity index (χ4n) is 5.98. The molecule has 0 heterocycles. The predicted octanol–water partition coefficient (Wildman–Crippen LogP) is 9.94.